The van der Waals surface area contributed by atoms with E-state index in [2.05, 4.69) is 76.3 Å². The average molecular weight is 308 g/mol. The van der Waals surface area contributed by atoms with Crippen LogP contribution in [0, 0.1) is 0 Å². The molecule has 0 amide bonds. The molecule has 1 N–H and O–H groups in total. The topological polar surface area (TPSA) is 12.0 Å². The number of alkyl halides is 1. The molecule has 1 unspecified atom stereocenters. The molecule has 0 aromatic heterocycles. The molecule has 0 rings (SSSR count). The summed E-state index contributed by atoms with van der Waals surface area (Å²) in [5, 5.41) is 0.701. The zero-order valence-electron chi connectivity index (χ0n) is 12.4. The Morgan fingerprint density at radius 2 is 1.44 bits per heavy atom. The van der Waals surface area contributed by atoms with E-state index in [1.165, 1.54) is 6.42 Å². The Labute approximate surface area is 112 Å². The van der Waals surface area contributed by atoms with E-state index >= 15 is 0 Å². The van der Waals surface area contributed by atoms with Gasteiger partial charge in [-0.3, -0.25) is 0 Å². The standard InChI is InChI=1S/C13H30BrNSi/c1-9-10-15-16(11(2)14,12(3,4)5)13(6,7)8/h11,15H,9-10H2,1-8H3. The first-order chi connectivity index (χ1) is 7.00. The summed E-state index contributed by atoms with van der Waals surface area (Å²) in [6.07, 6.45) is 1.21. The molecule has 0 bridgehead atoms. The summed E-state index contributed by atoms with van der Waals surface area (Å²) in [6, 6.07) is 0. The summed E-state index contributed by atoms with van der Waals surface area (Å²) < 4.78 is 0.576. The molecule has 0 radical (unpaired) electrons. The SMILES string of the molecule is CCCN[Si](C(C)Br)(C(C)(C)C)C(C)(C)C. The second-order valence-corrected chi connectivity index (χ2v) is 14.9. The molecule has 98 valence electrons. The Kier molecular flexibility index (Phi) is 5.76. The highest BCUT2D eigenvalue weighted by Crippen LogP contribution is 2.52. The van der Waals surface area contributed by atoms with Crippen molar-refractivity contribution in [2.45, 2.75) is 76.3 Å². The molecular formula is C13H30BrNSi. The van der Waals surface area contributed by atoms with Gasteiger partial charge in [-0.2, -0.15) is 0 Å². The van der Waals surface area contributed by atoms with Gasteiger partial charge in [0.25, 0.3) is 0 Å². The van der Waals surface area contributed by atoms with Gasteiger partial charge in [-0.15, -0.1) is 0 Å². The lowest BCUT2D eigenvalue weighted by molar-refractivity contribution is 0.568. The molecule has 1 nitrogen and oxygen atoms in total. The molecule has 0 aliphatic heterocycles. The normalized spacial score (nSPS) is 16.3. The van der Waals surface area contributed by atoms with Gasteiger partial charge >= 0.3 is 0 Å². The Balaban J connectivity index is 5.42. The first-order valence-electron chi connectivity index (χ1n) is 6.39. The lowest BCUT2D eigenvalue weighted by atomic mass is 10.2. The van der Waals surface area contributed by atoms with Crippen LogP contribution in [0.5, 0.6) is 0 Å². The molecule has 0 aliphatic carbocycles. The molecule has 16 heavy (non-hydrogen) atoms. The predicted molar refractivity (Wildman–Crippen MR) is 81.9 cm³/mol. The number of rotatable bonds is 4. The van der Waals surface area contributed by atoms with Crippen molar-refractivity contribution in [1.82, 2.24) is 4.98 Å². The van der Waals surface area contributed by atoms with Crippen molar-refractivity contribution in [3.05, 3.63) is 0 Å². The van der Waals surface area contributed by atoms with Crippen molar-refractivity contribution in [2.75, 3.05) is 6.54 Å². The third kappa shape index (κ3) is 3.11. The zero-order valence-corrected chi connectivity index (χ0v) is 15.0. The Bertz CT molecular complexity index is 199. The van der Waals surface area contributed by atoms with Crippen LogP contribution in [0.4, 0.5) is 0 Å². The molecule has 0 spiro atoms. The smallest absolute Gasteiger partial charge is 0.150 e. The minimum atomic E-state index is -1.63. The summed E-state index contributed by atoms with van der Waals surface area (Å²) in [7, 11) is -1.63. The van der Waals surface area contributed by atoms with E-state index in [1.54, 1.807) is 0 Å². The number of hydrogen-bond acceptors (Lipinski definition) is 1. The van der Waals surface area contributed by atoms with Crippen LogP contribution in [-0.4, -0.2) is 19.2 Å². The van der Waals surface area contributed by atoms with E-state index in [0.717, 1.165) is 6.54 Å². The molecule has 0 saturated heterocycles. The van der Waals surface area contributed by atoms with Crippen LogP contribution in [0.1, 0.15) is 61.8 Å². The highest BCUT2D eigenvalue weighted by atomic mass is 79.9. The lowest BCUT2D eigenvalue weighted by Crippen LogP contribution is -2.68. The summed E-state index contributed by atoms with van der Waals surface area (Å²) in [5.74, 6) is 0. The van der Waals surface area contributed by atoms with E-state index in [-0.39, 0.29) is 0 Å². The van der Waals surface area contributed by atoms with Gasteiger partial charge in [-0.05, 0) is 23.0 Å². The second kappa shape index (κ2) is 5.53. The number of halogens is 1. The quantitative estimate of drug-likeness (QED) is 0.578. The fourth-order valence-corrected chi connectivity index (χ4v) is 14.5. The summed E-state index contributed by atoms with van der Waals surface area (Å²) in [5.41, 5.74) is 0. The maximum Gasteiger partial charge on any atom is 0.150 e. The predicted octanol–water partition coefficient (Wildman–Crippen LogP) is 4.85. The maximum absolute atomic E-state index is 3.95. The van der Waals surface area contributed by atoms with E-state index in [4.69, 9.17) is 0 Å². The molecule has 1 atom stereocenters. The third-order valence-corrected chi connectivity index (χ3v) is 12.4. The molecule has 0 aromatic carbocycles. The molecule has 0 heterocycles. The van der Waals surface area contributed by atoms with Crippen molar-refractivity contribution < 1.29 is 0 Å². The summed E-state index contributed by atoms with van der Waals surface area (Å²) in [4.78, 5) is 3.95. The van der Waals surface area contributed by atoms with Gasteiger partial charge in [0.15, 0.2) is 0 Å². The average Bonchev–Trinajstić information content (AvgIpc) is 1.99. The van der Waals surface area contributed by atoms with Gasteiger partial charge in [0, 0.05) is 4.45 Å². The van der Waals surface area contributed by atoms with Gasteiger partial charge in [-0.25, -0.2) is 0 Å². The Morgan fingerprint density at radius 1 is 1.06 bits per heavy atom. The maximum atomic E-state index is 3.95. The second-order valence-electron chi connectivity index (χ2n) is 6.85. The first kappa shape index (κ1) is 16.7. The van der Waals surface area contributed by atoms with Gasteiger partial charge in [0.1, 0.15) is 8.24 Å². The molecule has 3 heteroatoms. The Hall–Kier alpha value is 0.657. The van der Waals surface area contributed by atoms with E-state index in [9.17, 15) is 0 Å². The number of hydrogen-bond donors (Lipinski definition) is 1. The van der Waals surface area contributed by atoms with Crippen molar-refractivity contribution in [1.29, 1.82) is 0 Å². The zero-order chi connectivity index (χ0) is 13.2. The lowest BCUT2D eigenvalue weighted by Gasteiger charge is -2.54. The highest BCUT2D eigenvalue weighted by Gasteiger charge is 2.55. The van der Waals surface area contributed by atoms with Gasteiger partial charge in [0.05, 0.1) is 0 Å². The van der Waals surface area contributed by atoms with Gasteiger partial charge < -0.3 is 4.98 Å². The van der Waals surface area contributed by atoms with Crippen LogP contribution in [0.25, 0.3) is 0 Å². The van der Waals surface area contributed by atoms with Crippen molar-refractivity contribution in [3.63, 3.8) is 0 Å². The molecule has 0 fully saturated rings. The van der Waals surface area contributed by atoms with Gasteiger partial charge in [0.2, 0.25) is 0 Å². The third-order valence-electron chi connectivity index (χ3n) is 3.62. The fraction of sp³-hybridized carbons (Fsp3) is 1.00. The minimum absolute atomic E-state index is 0.351. The molecular weight excluding hydrogens is 278 g/mol. The largest absolute Gasteiger partial charge is 0.336 e. The molecule has 0 aromatic rings. The Morgan fingerprint density at radius 3 is 1.62 bits per heavy atom. The van der Waals surface area contributed by atoms with Crippen LogP contribution in [0.3, 0.4) is 0 Å². The van der Waals surface area contributed by atoms with Crippen molar-refractivity contribution in [3.8, 4) is 0 Å². The summed E-state index contributed by atoms with van der Waals surface area (Å²) >= 11 is 3.90. The number of nitrogens with one attached hydrogen (secondary N) is 1. The van der Waals surface area contributed by atoms with Crippen LogP contribution < -0.4 is 4.98 Å². The van der Waals surface area contributed by atoms with Crippen molar-refractivity contribution in [2.24, 2.45) is 0 Å². The first-order valence-corrected chi connectivity index (χ1v) is 9.39. The molecule has 0 saturated carbocycles. The van der Waals surface area contributed by atoms with Crippen molar-refractivity contribution >= 4 is 24.2 Å². The monoisotopic (exact) mass is 307 g/mol. The van der Waals surface area contributed by atoms with Gasteiger partial charge in [-0.1, -0.05) is 71.3 Å². The molecule has 0 aliphatic rings. The van der Waals surface area contributed by atoms with E-state index < -0.39 is 8.24 Å². The minimum Gasteiger partial charge on any atom is -0.336 e. The van der Waals surface area contributed by atoms with Crippen LogP contribution in [-0.2, 0) is 0 Å². The van der Waals surface area contributed by atoms with Crippen LogP contribution >= 0.6 is 15.9 Å². The van der Waals surface area contributed by atoms with Crippen LogP contribution in [0.2, 0.25) is 10.1 Å². The van der Waals surface area contributed by atoms with E-state index in [0.29, 0.717) is 14.5 Å². The van der Waals surface area contributed by atoms with Crippen LogP contribution in [0.15, 0.2) is 0 Å². The van der Waals surface area contributed by atoms with E-state index in [1.807, 2.05) is 0 Å². The summed E-state index contributed by atoms with van der Waals surface area (Å²) in [6.45, 7) is 20.1. The highest BCUT2D eigenvalue weighted by molar-refractivity contribution is 9.10. The fourth-order valence-electron chi connectivity index (χ4n) is 3.31.